The van der Waals surface area contributed by atoms with E-state index in [2.05, 4.69) is 268 Å². The molecule has 6 aromatic carbocycles. The summed E-state index contributed by atoms with van der Waals surface area (Å²) >= 11 is 0. The molecule has 0 spiro atoms. The summed E-state index contributed by atoms with van der Waals surface area (Å²) in [5, 5.41) is 2.37. The number of hydrogen-bond acceptors (Lipinski definition) is 2. The second-order valence-electron chi connectivity index (χ2n) is 22.5. The maximum absolute atomic E-state index is 7.31. The second-order valence-corrected chi connectivity index (χ2v) is 22.5. The average Bonchev–Trinajstić information content (AvgIpc) is 3.90. The van der Waals surface area contributed by atoms with Gasteiger partial charge in [0.1, 0.15) is 17.3 Å². The summed E-state index contributed by atoms with van der Waals surface area (Å²) in [6.45, 7) is 29.6. The minimum Gasteiger partial charge on any atom is -0.458 e. The Morgan fingerprint density at radius 3 is 1.73 bits per heavy atom. The molecule has 0 atom stereocenters. The Morgan fingerprint density at radius 1 is 0.493 bits per heavy atom. The number of benzene rings is 6. The summed E-state index contributed by atoms with van der Waals surface area (Å²) in [7, 11) is 0. The van der Waals surface area contributed by atoms with E-state index in [-0.39, 0.29) is 27.1 Å². The van der Waals surface area contributed by atoms with Gasteiger partial charge in [-0.2, -0.15) is 0 Å². The largest absolute Gasteiger partial charge is 0.458 e. The van der Waals surface area contributed by atoms with Gasteiger partial charge in [-0.3, -0.25) is 13.7 Å². The highest BCUT2D eigenvalue weighted by molar-refractivity contribution is 6.11. The molecule has 0 bridgehead atoms. The standard InChI is InChI=1S/C62H66N4O/c1-58(2,3)44-27-22-28-47(33-44)64-40-55(62(12,13)43-25-18-15-19-26-43)65(41-64)48-34-46(60(7,8)9)35-49(37-48)67-50-38-52(61(10,11)42-23-16-14-17-24-42)57-51-29-20-21-30-53(51)66(54(57)39-50)56-36-45(31-32-63-56)59(4,5)6/h14-40H,1-13H3. The second kappa shape index (κ2) is 16.6. The molecule has 9 aromatic rings. The lowest BCUT2D eigenvalue weighted by atomic mass is 9.76. The van der Waals surface area contributed by atoms with Gasteiger partial charge in [-0.1, -0.05) is 181 Å². The first-order chi connectivity index (χ1) is 31.6. The van der Waals surface area contributed by atoms with Crippen LogP contribution in [0.25, 0.3) is 39.0 Å². The van der Waals surface area contributed by atoms with Gasteiger partial charge in [-0.25, -0.2) is 4.98 Å². The van der Waals surface area contributed by atoms with Crippen LogP contribution in [0.1, 0.15) is 129 Å². The smallest absolute Gasteiger partial charge is 0.269 e. The minimum atomic E-state index is -0.386. The number of fused-ring (bicyclic) bond motifs is 3. The molecule has 9 rings (SSSR count). The van der Waals surface area contributed by atoms with Gasteiger partial charge in [0.15, 0.2) is 0 Å². The van der Waals surface area contributed by atoms with Crippen molar-refractivity contribution >= 4 is 21.8 Å². The number of imidazole rings is 1. The molecule has 0 aliphatic heterocycles. The molecule has 0 aliphatic rings. The van der Waals surface area contributed by atoms with Gasteiger partial charge in [0.05, 0.1) is 28.1 Å². The maximum Gasteiger partial charge on any atom is 0.269 e. The zero-order chi connectivity index (χ0) is 47.7. The number of hydrogen-bond donors (Lipinski definition) is 0. The summed E-state index contributed by atoms with van der Waals surface area (Å²) < 4.78 is 14.0. The zero-order valence-corrected chi connectivity index (χ0v) is 41.8. The average molecular weight is 883 g/mol. The van der Waals surface area contributed by atoms with Crippen LogP contribution in [0.15, 0.2) is 164 Å². The normalized spacial score (nSPS) is 12.9. The van der Waals surface area contributed by atoms with E-state index in [0.29, 0.717) is 0 Å². The van der Waals surface area contributed by atoms with Gasteiger partial charge < -0.3 is 4.74 Å². The van der Waals surface area contributed by atoms with Gasteiger partial charge in [0, 0.05) is 40.1 Å². The first-order valence-corrected chi connectivity index (χ1v) is 23.8. The zero-order valence-electron chi connectivity index (χ0n) is 41.8. The van der Waals surface area contributed by atoms with Crippen molar-refractivity contribution in [2.24, 2.45) is 0 Å². The van der Waals surface area contributed by atoms with E-state index in [0.717, 1.165) is 51.0 Å². The molecule has 67 heavy (non-hydrogen) atoms. The lowest BCUT2D eigenvalue weighted by molar-refractivity contribution is -0.599. The van der Waals surface area contributed by atoms with Crippen molar-refractivity contribution in [1.29, 1.82) is 0 Å². The van der Waals surface area contributed by atoms with Crippen LogP contribution in [0.3, 0.4) is 0 Å². The molecule has 0 amide bonds. The molecule has 340 valence electrons. The summed E-state index contributed by atoms with van der Waals surface area (Å²) in [4.78, 5) is 5.05. The van der Waals surface area contributed by atoms with Crippen LogP contribution in [-0.2, 0) is 27.1 Å². The lowest BCUT2D eigenvalue weighted by Crippen LogP contribution is -2.29. The third kappa shape index (κ3) is 8.61. The fourth-order valence-electron chi connectivity index (χ4n) is 9.49. The van der Waals surface area contributed by atoms with Gasteiger partial charge in [-0.15, -0.1) is 0 Å². The van der Waals surface area contributed by atoms with Crippen LogP contribution >= 0.6 is 0 Å². The number of ether oxygens (including phenoxy) is 1. The highest BCUT2D eigenvalue weighted by Gasteiger charge is 2.32. The molecule has 0 saturated heterocycles. The van der Waals surface area contributed by atoms with E-state index < -0.39 is 0 Å². The van der Waals surface area contributed by atoms with Crippen molar-refractivity contribution in [2.75, 3.05) is 0 Å². The van der Waals surface area contributed by atoms with E-state index in [1.807, 2.05) is 6.20 Å². The van der Waals surface area contributed by atoms with Crippen molar-refractivity contribution in [1.82, 2.24) is 14.1 Å². The van der Waals surface area contributed by atoms with Crippen molar-refractivity contribution in [3.63, 3.8) is 0 Å². The fourth-order valence-corrected chi connectivity index (χ4v) is 9.49. The molecule has 0 unspecified atom stereocenters. The van der Waals surface area contributed by atoms with Crippen molar-refractivity contribution in [3.8, 4) is 28.7 Å². The Morgan fingerprint density at radius 2 is 1.07 bits per heavy atom. The highest BCUT2D eigenvalue weighted by Crippen LogP contribution is 2.45. The highest BCUT2D eigenvalue weighted by atomic mass is 16.5. The van der Waals surface area contributed by atoms with Crippen LogP contribution in [0.4, 0.5) is 0 Å². The quantitative estimate of drug-likeness (QED) is 0.107. The van der Waals surface area contributed by atoms with Crippen molar-refractivity contribution in [3.05, 3.63) is 209 Å². The summed E-state index contributed by atoms with van der Waals surface area (Å²) in [6, 6.07) is 54.8. The predicted octanol–water partition coefficient (Wildman–Crippen LogP) is 15.4. The molecule has 0 saturated carbocycles. The molecule has 5 nitrogen and oxygen atoms in total. The van der Waals surface area contributed by atoms with Crippen LogP contribution in [0.2, 0.25) is 0 Å². The Labute approximate surface area is 398 Å². The summed E-state index contributed by atoms with van der Waals surface area (Å²) in [6.07, 6.45) is 8.04. The molecule has 0 N–H and O–H groups in total. The molecule has 3 aromatic heterocycles. The number of aromatic nitrogens is 4. The van der Waals surface area contributed by atoms with Crippen LogP contribution < -0.4 is 9.30 Å². The third-order valence-electron chi connectivity index (χ3n) is 13.8. The van der Waals surface area contributed by atoms with Crippen LogP contribution in [0.5, 0.6) is 11.5 Å². The Kier molecular flexibility index (Phi) is 11.2. The first-order valence-electron chi connectivity index (χ1n) is 23.8. The number of nitrogens with zero attached hydrogens (tertiary/aromatic N) is 4. The molecule has 0 fully saturated rings. The molecule has 3 heterocycles. The van der Waals surface area contributed by atoms with Crippen LogP contribution in [0, 0.1) is 6.33 Å². The molecular weight excluding hydrogens is 817 g/mol. The van der Waals surface area contributed by atoms with E-state index in [9.17, 15) is 0 Å². The van der Waals surface area contributed by atoms with Crippen LogP contribution in [-0.4, -0.2) is 14.1 Å². The Bertz CT molecular complexity index is 3250. The fraction of sp³-hybridized carbons (Fsp3) is 0.290. The van der Waals surface area contributed by atoms with Gasteiger partial charge >= 0.3 is 0 Å². The SMILES string of the molecule is CC(C)(C)c1cc(Oc2cc(C(C)(C)c3ccccc3)c3c4ccccc4n(-c4cc(C(C)(C)C)ccn4)c3c2)cc(-n2[c-][n+](-c3cccc(C(C)(C)C)c3)cc2C(C)(C)c2ccccc2)c1. The predicted molar refractivity (Wildman–Crippen MR) is 278 cm³/mol. The van der Waals surface area contributed by atoms with Gasteiger partial charge in [0.2, 0.25) is 0 Å². The Balaban J connectivity index is 1.28. The van der Waals surface area contributed by atoms with E-state index >= 15 is 0 Å². The molecule has 0 radical (unpaired) electrons. The molecule has 5 heteroatoms. The van der Waals surface area contributed by atoms with Crippen molar-refractivity contribution in [2.45, 2.75) is 117 Å². The van der Waals surface area contributed by atoms with E-state index in [4.69, 9.17) is 9.72 Å². The first kappa shape index (κ1) is 45.4. The number of rotatable bonds is 9. The molecular formula is C62H66N4O. The number of pyridine rings is 1. The van der Waals surface area contributed by atoms with Gasteiger partial charge in [0.25, 0.3) is 6.33 Å². The lowest BCUT2D eigenvalue weighted by Gasteiger charge is -2.29. The van der Waals surface area contributed by atoms with Crippen molar-refractivity contribution < 1.29 is 9.30 Å². The van der Waals surface area contributed by atoms with E-state index in [1.54, 1.807) is 0 Å². The maximum atomic E-state index is 7.31. The monoisotopic (exact) mass is 883 g/mol. The summed E-state index contributed by atoms with van der Waals surface area (Å²) in [5.41, 5.74) is 11.6. The third-order valence-corrected chi connectivity index (χ3v) is 13.8. The molecule has 0 aliphatic carbocycles. The van der Waals surface area contributed by atoms with E-state index in [1.165, 1.54) is 38.6 Å². The number of para-hydroxylation sites is 1. The summed E-state index contributed by atoms with van der Waals surface area (Å²) in [5.74, 6) is 2.40. The minimum absolute atomic E-state index is 0.000911. The topological polar surface area (TPSA) is 35.9 Å². The Hall–Kier alpha value is -6.72. The van der Waals surface area contributed by atoms with Gasteiger partial charge in [-0.05, 0) is 104 Å².